The molecular formula is C36H31ClN4O4S2. The number of carbonyl (C=O) groups excluding carboxylic acids is 2. The molecule has 1 aromatic heterocycles. The number of aliphatic hydroxyl groups is 1. The first-order valence-corrected chi connectivity index (χ1v) is 16.9. The normalized spacial score (nSPS) is 15.7. The number of aliphatic hydroxyl groups excluding tert-OH is 1. The molecule has 8 nitrogen and oxygen atoms in total. The zero-order chi connectivity index (χ0) is 33.1. The Morgan fingerprint density at radius 1 is 0.957 bits per heavy atom. The van der Waals surface area contributed by atoms with Crippen LogP contribution in [0.1, 0.15) is 33.9 Å². The van der Waals surface area contributed by atoms with E-state index in [2.05, 4.69) is 16.3 Å². The maximum atomic E-state index is 13.7. The lowest BCUT2D eigenvalue weighted by Crippen LogP contribution is -2.29. The number of anilines is 2. The quantitative estimate of drug-likeness (QED) is 0.0520. The minimum absolute atomic E-state index is 0.0217. The van der Waals surface area contributed by atoms with E-state index in [-0.39, 0.29) is 16.5 Å². The number of hydrogen-bond acceptors (Lipinski definition) is 9. The molecule has 1 amide bonds. The number of Topliss-reactive ketones (excluding diaryl/α,β-unsaturated/α-hetero) is 1. The van der Waals surface area contributed by atoms with Crippen LogP contribution in [0.15, 0.2) is 107 Å². The van der Waals surface area contributed by atoms with Crippen LogP contribution in [0.25, 0.3) is 5.76 Å². The Balaban J connectivity index is 1.31. The molecule has 5 aromatic rings. The van der Waals surface area contributed by atoms with Crippen LogP contribution >= 0.6 is 34.7 Å². The summed E-state index contributed by atoms with van der Waals surface area (Å²) in [6, 6.07) is 29.0. The molecule has 0 radical (unpaired) electrons. The van der Waals surface area contributed by atoms with Crippen LogP contribution in [0.5, 0.6) is 5.75 Å². The monoisotopic (exact) mass is 682 g/mol. The molecule has 1 aliphatic rings. The van der Waals surface area contributed by atoms with Gasteiger partial charge in [0.2, 0.25) is 5.13 Å². The molecule has 1 N–H and O–H groups in total. The molecule has 11 heteroatoms. The number of carbonyl (C=O) groups is 2. The predicted octanol–water partition coefficient (Wildman–Crippen LogP) is 8.06. The number of halogens is 1. The number of amides is 1. The lowest BCUT2D eigenvalue weighted by molar-refractivity contribution is -0.132. The van der Waals surface area contributed by atoms with Crippen LogP contribution in [-0.2, 0) is 21.9 Å². The molecule has 0 bridgehead atoms. The number of aryl methyl sites for hydroxylation is 1. The number of ketones is 1. The van der Waals surface area contributed by atoms with Gasteiger partial charge in [-0.2, -0.15) is 0 Å². The smallest absolute Gasteiger partial charge is 0.301 e. The number of aromatic nitrogens is 2. The summed E-state index contributed by atoms with van der Waals surface area (Å²) in [4.78, 5) is 30.6. The summed E-state index contributed by atoms with van der Waals surface area (Å²) >= 11 is 8.71. The molecule has 1 unspecified atom stereocenters. The van der Waals surface area contributed by atoms with Gasteiger partial charge in [0.05, 0.1) is 11.6 Å². The Morgan fingerprint density at radius 2 is 1.68 bits per heavy atom. The third-order valence-corrected chi connectivity index (χ3v) is 10.0. The van der Waals surface area contributed by atoms with E-state index in [9.17, 15) is 14.7 Å². The van der Waals surface area contributed by atoms with Crippen LogP contribution in [0.2, 0.25) is 5.02 Å². The van der Waals surface area contributed by atoms with Crippen molar-refractivity contribution in [3.05, 3.63) is 135 Å². The van der Waals surface area contributed by atoms with Crippen molar-refractivity contribution >= 4 is 63.0 Å². The molecule has 47 heavy (non-hydrogen) atoms. The van der Waals surface area contributed by atoms with Crippen LogP contribution in [-0.4, -0.2) is 41.1 Å². The van der Waals surface area contributed by atoms with Crippen molar-refractivity contribution in [3.63, 3.8) is 0 Å². The van der Waals surface area contributed by atoms with Gasteiger partial charge in [0.25, 0.3) is 5.78 Å². The zero-order valence-corrected chi connectivity index (χ0v) is 28.3. The SMILES string of the molecule is Cc1cccc(COc2ccc(C(O)=C3C(=O)C(=O)N(c4nnc(SCc5ccc(Cl)cc5)s4)C3c3ccc(N(C)C)cc3)cc2)c1. The summed E-state index contributed by atoms with van der Waals surface area (Å²) in [5.41, 5.74) is 5.22. The molecule has 0 aliphatic carbocycles. The molecule has 1 saturated heterocycles. The lowest BCUT2D eigenvalue weighted by Gasteiger charge is -2.23. The molecule has 0 saturated carbocycles. The van der Waals surface area contributed by atoms with Gasteiger partial charge in [-0.15, -0.1) is 10.2 Å². The third-order valence-electron chi connectivity index (χ3n) is 7.66. The fourth-order valence-electron chi connectivity index (χ4n) is 5.22. The molecule has 6 rings (SSSR count). The van der Waals surface area contributed by atoms with Crippen LogP contribution < -0.4 is 14.5 Å². The highest BCUT2D eigenvalue weighted by Gasteiger charge is 2.48. The van der Waals surface area contributed by atoms with E-state index >= 15 is 0 Å². The molecule has 1 atom stereocenters. The summed E-state index contributed by atoms with van der Waals surface area (Å²) < 4.78 is 6.58. The number of nitrogens with zero attached hydrogens (tertiary/aromatic N) is 4. The van der Waals surface area contributed by atoms with Crippen molar-refractivity contribution in [2.45, 2.75) is 29.7 Å². The molecule has 238 valence electrons. The number of benzene rings is 4. The first-order valence-electron chi connectivity index (χ1n) is 14.8. The van der Waals surface area contributed by atoms with Crippen molar-refractivity contribution in [3.8, 4) is 5.75 Å². The van der Waals surface area contributed by atoms with E-state index in [4.69, 9.17) is 16.3 Å². The van der Waals surface area contributed by atoms with Crippen molar-refractivity contribution < 1.29 is 19.4 Å². The van der Waals surface area contributed by atoms with Gasteiger partial charge in [0, 0.05) is 36.1 Å². The summed E-state index contributed by atoms with van der Waals surface area (Å²) in [6.45, 7) is 2.42. The Hall–Kier alpha value is -4.64. The molecule has 4 aromatic carbocycles. The van der Waals surface area contributed by atoms with E-state index in [0.29, 0.717) is 38.6 Å². The summed E-state index contributed by atoms with van der Waals surface area (Å²) in [5, 5.41) is 21.1. The van der Waals surface area contributed by atoms with Gasteiger partial charge < -0.3 is 14.7 Å². The van der Waals surface area contributed by atoms with E-state index < -0.39 is 17.7 Å². The highest BCUT2D eigenvalue weighted by molar-refractivity contribution is 8.00. The second-order valence-corrected chi connectivity index (χ2v) is 13.8. The average Bonchev–Trinajstić information content (AvgIpc) is 3.65. The van der Waals surface area contributed by atoms with Crippen LogP contribution in [0, 0.1) is 6.92 Å². The largest absolute Gasteiger partial charge is 0.507 e. The van der Waals surface area contributed by atoms with Gasteiger partial charge in [0.1, 0.15) is 18.1 Å². The summed E-state index contributed by atoms with van der Waals surface area (Å²) in [5.74, 6) is -0.618. The summed E-state index contributed by atoms with van der Waals surface area (Å²) in [7, 11) is 3.86. The van der Waals surface area contributed by atoms with E-state index in [1.54, 1.807) is 24.3 Å². The van der Waals surface area contributed by atoms with Crippen molar-refractivity contribution in [2.24, 2.45) is 0 Å². The van der Waals surface area contributed by atoms with Crippen molar-refractivity contribution in [1.82, 2.24) is 10.2 Å². The Bertz CT molecular complexity index is 1940. The topological polar surface area (TPSA) is 95.9 Å². The Labute approximate surface area is 286 Å². The van der Waals surface area contributed by atoms with E-state index in [1.807, 2.05) is 92.6 Å². The maximum Gasteiger partial charge on any atom is 0.301 e. The second kappa shape index (κ2) is 14.0. The predicted molar refractivity (Wildman–Crippen MR) is 188 cm³/mol. The lowest BCUT2D eigenvalue weighted by atomic mass is 9.95. The van der Waals surface area contributed by atoms with Gasteiger partial charge in [-0.25, -0.2) is 0 Å². The highest BCUT2D eigenvalue weighted by atomic mass is 35.5. The number of ether oxygens (including phenoxy) is 1. The maximum absolute atomic E-state index is 13.7. The number of hydrogen-bond donors (Lipinski definition) is 1. The molecule has 2 heterocycles. The fourth-order valence-corrected chi connectivity index (χ4v) is 7.17. The zero-order valence-electron chi connectivity index (χ0n) is 25.9. The molecule has 1 fully saturated rings. The van der Waals surface area contributed by atoms with Crippen LogP contribution in [0.3, 0.4) is 0 Å². The molecular weight excluding hydrogens is 652 g/mol. The minimum Gasteiger partial charge on any atom is -0.507 e. The van der Waals surface area contributed by atoms with Gasteiger partial charge in [0.15, 0.2) is 4.34 Å². The van der Waals surface area contributed by atoms with Gasteiger partial charge >= 0.3 is 5.91 Å². The van der Waals surface area contributed by atoms with Crippen LogP contribution in [0.4, 0.5) is 10.8 Å². The third kappa shape index (κ3) is 7.20. The van der Waals surface area contributed by atoms with Gasteiger partial charge in [-0.1, -0.05) is 88.8 Å². The number of rotatable bonds is 10. The Morgan fingerprint density at radius 3 is 2.36 bits per heavy atom. The standard InChI is InChI=1S/C36H31ClN4O4S2/c1-22-5-4-6-24(19-22)20-45-29-17-11-26(12-18-29)32(42)30-31(25-9-15-28(16-10-25)40(2)3)41(34(44)33(30)43)35-38-39-36(47-35)46-21-23-7-13-27(37)14-8-23/h4-19,31,42H,20-21H2,1-3H3. The first kappa shape index (κ1) is 32.3. The average molecular weight is 683 g/mol. The van der Waals surface area contributed by atoms with Gasteiger partial charge in [-0.05, 0) is 72.1 Å². The molecule has 1 aliphatic heterocycles. The summed E-state index contributed by atoms with van der Waals surface area (Å²) in [6.07, 6.45) is 0. The minimum atomic E-state index is -0.912. The molecule has 0 spiro atoms. The van der Waals surface area contributed by atoms with Crippen molar-refractivity contribution in [2.75, 3.05) is 23.9 Å². The van der Waals surface area contributed by atoms with Crippen molar-refractivity contribution in [1.29, 1.82) is 0 Å². The van der Waals surface area contributed by atoms with E-state index in [1.165, 1.54) is 28.0 Å². The fraction of sp³-hybridized carbons (Fsp3) is 0.167. The van der Waals surface area contributed by atoms with Gasteiger partial charge in [-0.3, -0.25) is 14.5 Å². The Kier molecular flexibility index (Phi) is 9.63. The second-order valence-electron chi connectivity index (χ2n) is 11.2. The first-order chi connectivity index (χ1) is 22.7. The highest BCUT2D eigenvalue weighted by Crippen LogP contribution is 2.44. The van der Waals surface area contributed by atoms with E-state index in [0.717, 1.165) is 22.4 Å². The number of thioether (sulfide) groups is 1.